The van der Waals surface area contributed by atoms with Crippen LogP contribution in [0.15, 0.2) is 200 Å². The third-order valence-electron chi connectivity index (χ3n) is 11.0. The van der Waals surface area contributed by atoms with Crippen molar-refractivity contribution in [1.82, 2.24) is 14.5 Å². The summed E-state index contributed by atoms with van der Waals surface area (Å²) in [5, 5.41) is 5.93. The average molecular weight is 700 g/mol. The van der Waals surface area contributed by atoms with Gasteiger partial charge in [-0.2, -0.15) is 0 Å². The van der Waals surface area contributed by atoms with E-state index in [1.54, 1.807) is 0 Å². The van der Waals surface area contributed by atoms with Gasteiger partial charge in [0, 0.05) is 11.1 Å². The van der Waals surface area contributed by atoms with Crippen molar-refractivity contribution in [1.29, 1.82) is 0 Å². The Morgan fingerprint density at radius 1 is 0.309 bits per heavy atom. The fraction of sp³-hybridized carbons (Fsp3) is 0. The lowest BCUT2D eigenvalue weighted by atomic mass is 9.83. The first-order valence-electron chi connectivity index (χ1n) is 18.7. The molecule has 11 aromatic rings. The molecule has 0 radical (unpaired) electrons. The van der Waals surface area contributed by atoms with E-state index < -0.39 is 0 Å². The SMILES string of the molecule is c1ccc(-c2ccc3c(-c4ccc5c(c4)c4nc6ccccc6nc4n5-c4ccccc4)c4cc(-c5ccccc5)ccc4c(-c4ccccc4)c3c2)cc1. The van der Waals surface area contributed by atoms with Gasteiger partial charge in [0.15, 0.2) is 5.65 Å². The van der Waals surface area contributed by atoms with Gasteiger partial charge in [-0.1, -0.05) is 152 Å². The molecule has 3 heteroatoms. The molecule has 11 rings (SSSR count). The predicted molar refractivity (Wildman–Crippen MR) is 231 cm³/mol. The van der Waals surface area contributed by atoms with Crippen LogP contribution in [0.1, 0.15) is 0 Å². The van der Waals surface area contributed by atoms with E-state index in [1.807, 2.05) is 18.2 Å². The summed E-state index contributed by atoms with van der Waals surface area (Å²) in [6.07, 6.45) is 0. The molecular formula is C52H33N3. The monoisotopic (exact) mass is 699 g/mol. The quantitative estimate of drug-likeness (QED) is 0.167. The number of fused-ring (bicyclic) bond motifs is 6. The summed E-state index contributed by atoms with van der Waals surface area (Å²) < 4.78 is 2.25. The van der Waals surface area contributed by atoms with Crippen molar-refractivity contribution in [2.24, 2.45) is 0 Å². The van der Waals surface area contributed by atoms with Gasteiger partial charge in [-0.25, -0.2) is 9.97 Å². The second kappa shape index (κ2) is 12.6. The molecule has 9 aromatic carbocycles. The summed E-state index contributed by atoms with van der Waals surface area (Å²) in [6.45, 7) is 0. The standard InChI is InChI=1S/C52H33N3/c1-5-15-34(16-6-1)37-26-29-42-43(31-37)49(36-19-9-3-10-20-36)41-28-25-38(35-17-7-2-8-18-35)32-44(41)50(42)39-27-30-48-45(33-39)51-52(55(48)40-21-11-4-12-22-40)54-47-24-14-13-23-46(47)53-51/h1-33H. The summed E-state index contributed by atoms with van der Waals surface area (Å²) in [6, 6.07) is 71.8. The Labute approximate surface area is 318 Å². The zero-order valence-electron chi connectivity index (χ0n) is 29.9. The number of para-hydroxylation sites is 3. The molecule has 55 heavy (non-hydrogen) atoms. The van der Waals surface area contributed by atoms with Crippen LogP contribution in [-0.4, -0.2) is 14.5 Å². The van der Waals surface area contributed by atoms with E-state index in [0.717, 1.165) is 44.4 Å². The summed E-state index contributed by atoms with van der Waals surface area (Å²) in [7, 11) is 0. The van der Waals surface area contributed by atoms with E-state index in [4.69, 9.17) is 9.97 Å². The number of hydrogen-bond acceptors (Lipinski definition) is 2. The minimum atomic E-state index is 0.852. The second-order valence-corrected chi connectivity index (χ2v) is 14.2. The Kier molecular flexibility index (Phi) is 7.17. The van der Waals surface area contributed by atoms with Crippen LogP contribution in [0.2, 0.25) is 0 Å². The van der Waals surface area contributed by atoms with Crippen LogP contribution >= 0.6 is 0 Å². The van der Waals surface area contributed by atoms with Crippen LogP contribution in [0.5, 0.6) is 0 Å². The lowest BCUT2D eigenvalue weighted by molar-refractivity contribution is 1.14. The molecule has 0 bridgehead atoms. The van der Waals surface area contributed by atoms with E-state index in [-0.39, 0.29) is 0 Å². The first-order valence-corrected chi connectivity index (χ1v) is 18.7. The highest BCUT2D eigenvalue weighted by atomic mass is 15.1. The van der Waals surface area contributed by atoms with Gasteiger partial charge in [-0.05, 0) is 115 Å². The first kappa shape index (κ1) is 31.2. The van der Waals surface area contributed by atoms with Crippen molar-refractivity contribution in [2.75, 3.05) is 0 Å². The maximum absolute atomic E-state index is 5.28. The smallest absolute Gasteiger partial charge is 0.165 e. The maximum Gasteiger partial charge on any atom is 0.165 e. The third-order valence-corrected chi connectivity index (χ3v) is 11.0. The second-order valence-electron chi connectivity index (χ2n) is 14.2. The Balaban J connectivity index is 1.28. The molecule has 0 fully saturated rings. The van der Waals surface area contributed by atoms with Crippen molar-refractivity contribution < 1.29 is 0 Å². The third kappa shape index (κ3) is 5.13. The summed E-state index contributed by atoms with van der Waals surface area (Å²) >= 11 is 0. The Morgan fingerprint density at radius 3 is 1.35 bits per heavy atom. The van der Waals surface area contributed by atoms with Crippen molar-refractivity contribution in [3.8, 4) is 50.2 Å². The highest BCUT2D eigenvalue weighted by Crippen LogP contribution is 2.47. The summed E-state index contributed by atoms with van der Waals surface area (Å²) in [5.74, 6) is 0. The van der Waals surface area contributed by atoms with Crippen LogP contribution in [0.3, 0.4) is 0 Å². The van der Waals surface area contributed by atoms with Gasteiger partial charge in [0.2, 0.25) is 0 Å². The molecule has 0 aliphatic heterocycles. The van der Waals surface area contributed by atoms with Gasteiger partial charge in [0.1, 0.15) is 5.52 Å². The molecule has 2 aromatic heterocycles. The van der Waals surface area contributed by atoms with Crippen LogP contribution in [0, 0.1) is 0 Å². The fourth-order valence-electron chi connectivity index (χ4n) is 8.43. The Morgan fingerprint density at radius 2 is 0.764 bits per heavy atom. The number of benzene rings is 9. The molecule has 0 spiro atoms. The molecule has 256 valence electrons. The average Bonchev–Trinajstić information content (AvgIpc) is 3.57. The number of aromatic nitrogens is 3. The predicted octanol–water partition coefficient (Wildman–Crippen LogP) is 13.7. The highest BCUT2D eigenvalue weighted by molar-refractivity contribution is 6.23. The number of nitrogens with zero attached hydrogens (tertiary/aromatic N) is 3. The fourth-order valence-corrected chi connectivity index (χ4v) is 8.43. The number of rotatable bonds is 5. The van der Waals surface area contributed by atoms with E-state index in [2.05, 4.69) is 187 Å². The molecule has 0 aliphatic rings. The van der Waals surface area contributed by atoms with Gasteiger partial charge >= 0.3 is 0 Å². The van der Waals surface area contributed by atoms with Gasteiger partial charge in [-0.15, -0.1) is 0 Å². The van der Waals surface area contributed by atoms with Crippen LogP contribution in [0.4, 0.5) is 0 Å². The molecule has 0 N–H and O–H groups in total. The molecule has 0 unspecified atom stereocenters. The van der Waals surface area contributed by atoms with Gasteiger partial charge in [0.05, 0.1) is 16.6 Å². The van der Waals surface area contributed by atoms with E-state index >= 15 is 0 Å². The molecular weight excluding hydrogens is 667 g/mol. The van der Waals surface area contributed by atoms with E-state index in [1.165, 1.54) is 60.5 Å². The largest absolute Gasteiger partial charge is 0.293 e. The van der Waals surface area contributed by atoms with Crippen molar-refractivity contribution >= 4 is 54.6 Å². The Bertz CT molecular complexity index is 3220. The minimum absolute atomic E-state index is 0.852. The molecule has 0 amide bonds. The van der Waals surface area contributed by atoms with Crippen molar-refractivity contribution in [2.45, 2.75) is 0 Å². The van der Waals surface area contributed by atoms with Crippen LogP contribution in [-0.2, 0) is 0 Å². The van der Waals surface area contributed by atoms with Gasteiger partial charge in [0.25, 0.3) is 0 Å². The lowest BCUT2D eigenvalue weighted by Gasteiger charge is -2.20. The molecule has 2 heterocycles. The molecule has 3 nitrogen and oxygen atoms in total. The molecule has 0 atom stereocenters. The van der Waals surface area contributed by atoms with E-state index in [9.17, 15) is 0 Å². The first-order chi connectivity index (χ1) is 27.3. The van der Waals surface area contributed by atoms with Crippen molar-refractivity contribution in [3.63, 3.8) is 0 Å². The van der Waals surface area contributed by atoms with E-state index in [0.29, 0.717) is 0 Å². The zero-order valence-corrected chi connectivity index (χ0v) is 29.9. The number of hydrogen-bond donors (Lipinski definition) is 0. The van der Waals surface area contributed by atoms with Gasteiger partial charge in [-0.3, -0.25) is 4.57 Å². The van der Waals surface area contributed by atoms with Crippen molar-refractivity contribution in [3.05, 3.63) is 200 Å². The molecule has 0 aliphatic carbocycles. The lowest BCUT2D eigenvalue weighted by Crippen LogP contribution is -1.96. The topological polar surface area (TPSA) is 30.7 Å². The minimum Gasteiger partial charge on any atom is -0.293 e. The normalized spacial score (nSPS) is 11.6. The molecule has 0 saturated carbocycles. The summed E-state index contributed by atoms with van der Waals surface area (Å²) in [5.41, 5.74) is 15.2. The Hall–Kier alpha value is -7.36. The van der Waals surface area contributed by atoms with Crippen LogP contribution < -0.4 is 0 Å². The maximum atomic E-state index is 5.28. The van der Waals surface area contributed by atoms with Crippen LogP contribution in [0.25, 0.3) is 105 Å². The molecule has 0 saturated heterocycles. The zero-order chi connectivity index (χ0) is 36.3. The highest BCUT2D eigenvalue weighted by Gasteiger charge is 2.21. The van der Waals surface area contributed by atoms with Gasteiger partial charge < -0.3 is 0 Å². The summed E-state index contributed by atoms with van der Waals surface area (Å²) in [4.78, 5) is 10.5.